The smallest absolute Gasteiger partial charge is 0.283 e. The lowest BCUT2D eigenvalue weighted by molar-refractivity contribution is 0.346. The molecule has 10 nitrogen and oxygen atoms in total. The predicted octanol–water partition coefficient (Wildman–Crippen LogP) is 1.12. The molecule has 0 aromatic carbocycles. The highest BCUT2D eigenvalue weighted by molar-refractivity contribution is 7.16. The van der Waals surface area contributed by atoms with Gasteiger partial charge in [-0.2, -0.15) is 9.97 Å². The molecule has 0 fully saturated rings. The second kappa shape index (κ2) is 6.62. The van der Waals surface area contributed by atoms with E-state index < -0.39 is 11.1 Å². The molecule has 0 spiro atoms. The van der Waals surface area contributed by atoms with Crippen molar-refractivity contribution >= 4 is 44.6 Å². The third-order valence-electron chi connectivity index (χ3n) is 4.86. The van der Waals surface area contributed by atoms with Gasteiger partial charge in [-0.3, -0.25) is 18.7 Å². The Balaban J connectivity index is 1.82. The number of thiazole rings is 1. The standard InChI is InChI=1S/C18H20N8O2S/c1-4-25-13-10(14(27)24-16(25)19)5-9(7-21-13)6-18(2,3)26-15(28)11-12(22-8-29-11)23-17(26)20/h5,7-8H,4,6H2,1-3H3,(H2,20,23)(H2,19,24,27). The Morgan fingerprint density at radius 2 is 1.90 bits per heavy atom. The van der Waals surface area contributed by atoms with Crippen molar-refractivity contribution in [2.24, 2.45) is 0 Å². The van der Waals surface area contributed by atoms with Crippen LogP contribution in [-0.4, -0.2) is 29.1 Å². The molecule has 0 saturated carbocycles. The van der Waals surface area contributed by atoms with Gasteiger partial charge < -0.3 is 11.5 Å². The van der Waals surface area contributed by atoms with Crippen molar-refractivity contribution in [3.05, 3.63) is 44.0 Å². The van der Waals surface area contributed by atoms with E-state index in [1.165, 1.54) is 15.9 Å². The van der Waals surface area contributed by atoms with Gasteiger partial charge in [0.2, 0.25) is 11.9 Å². The van der Waals surface area contributed by atoms with E-state index in [9.17, 15) is 9.59 Å². The van der Waals surface area contributed by atoms with Gasteiger partial charge in [-0.25, -0.2) is 9.97 Å². The summed E-state index contributed by atoms with van der Waals surface area (Å²) in [6.07, 6.45) is 2.08. The monoisotopic (exact) mass is 412 g/mol. The van der Waals surface area contributed by atoms with Crippen LogP contribution in [0.5, 0.6) is 0 Å². The SMILES string of the molecule is CCn1c(N)nc(=O)c2cc(CC(C)(C)n3c(N)nc4ncsc4c3=O)cnc21. The molecule has 11 heteroatoms. The van der Waals surface area contributed by atoms with Crippen LogP contribution in [0.4, 0.5) is 11.9 Å². The van der Waals surface area contributed by atoms with Gasteiger partial charge in [-0.05, 0) is 38.8 Å². The van der Waals surface area contributed by atoms with E-state index in [4.69, 9.17) is 11.5 Å². The average molecular weight is 412 g/mol. The van der Waals surface area contributed by atoms with Crippen LogP contribution in [0, 0.1) is 0 Å². The lowest BCUT2D eigenvalue weighted by atomic mass is 9.95. The maximum atomic E-state index is 13.0. The largest absolute Gasteiger partial charge is 0.369 e. The van der Waals surface area contributed by atoms with Crippen molar-refractivity contribution in [3.63, 3.8) is 0 Å². The third kappa shape index (κ3) is 3.03. The molecule has 0 bridgehead atoms. The van der Waals surface area contributed by atoms with Crippen molar-refractivity contribution in [2.75, 3.05) is 11.5 Å². The Kier molecular flexibility index (Phi) is 4.34. The van der Waals surface area contributed by atoms with Crippen molar-refractivity contribution < 1.29 is 0 Å². The predicted molar refractivity (Wildman–Crippen MR) is 113 cm³/mol. The number of nitrogen functional groups attached to an aromatic ring is 2. The maximum absolute atomic E-state index is 13.0. The Hall–Kier alpha value is -3.34. The highest BCUT2D eigenvalue weighted by atomic mass is 32.1. The lowest BCUT2D eigenvalue weighted by Gasteiger charge is -2.28. The summed E-state index contributed by atoms with van der Waals surface area (Å²) in [4.78, 5) is 41.9. The van der Waals surface area contributed by atoms with Crippen LogP contribution in [0.15, 0.2) is 27.4 Å². The van der Waals surface area contributed by atoms with Crippen LogP contribution in [0.2, 0.25) is 0 Å². The molecule has 0 aliphatic carbocycles. The van der Waals surface area contributed by atoms with Gasteiger partial charge in [0, 0.05) is 18.3 Å². The first kappa shape index (κ1) is 19.0. The zero-order chi connectivity index (χ0) is 20.9. The zero-order valence-electron chi connectivity index (χ0n) is 16.2. The highest BCUT2D eigenvalue weighted by Gasteiger charge is 2.27. The highest BCUT2D eigenvalue weighted by Crippen LogP contribution is 2.25. The van der Waals surface area contributed by atoms with Crippen molar-refractivity contribution in [1.29, 1.82) is 0 Å². The van der Waals surface area contributed by atoms with E-state index in [1.807, 2.05) is 20.8 Å². The summed E-state index contributed by atoms with van der Waals surface area (Å²) in [7, 11) is 0. The minimum Gasteiger partial charge on any atom is -0.369 e. The number of pyridine rings is 1. The van der Waals surface area contributed by atoms with Crippen molar-refractivity contribution in [2.45, 2.75) is 39.3 Å². The first-order chi connectivity index (χ1) is 13.7. The number of anilines is 2. The minimum absolute atomic E-state index is 0.0925. The fourth-order valence-corrected chi connectivity index (χ4v) is 4.26. The van der Waals surface area contributed by atoms with Gasteiger partial charge >= 0.3 is 0 Å². The summed E-state index contributed by atoms with van der Waals surface area (Å²) < 4.78 is 3.59. The van der Waals surface area contributed by atoms with E-state index in [0.717, 1.165) is 5.56 Å². The Labute approximate surface area is 168 Å². The number of hydrogen-bond acceptors (Lipinski definition) is 9. The number of nitrogens with two attached hydrogens (primary N) is 2. The Bertz CT molecular complexity index is 1370. The summed E-state index contributed by atoms with van der Waals surface area (Å²) in [5.74, 6) is 0.226. The fourth-order valence-electron chi connectivity index (χ4n) is 3.61. The van der Waals surface area contributed by atoms with E-state index >= 15 is 0 Å². The number of aryl methyl sites for hydroxylation is 1. The topological polar surface area (TPSA) is 148 Å². The molecule has 4 aromatic heterocycles. The zero-order valence-corrected chi connectivity index (χ0v) is 17.0. The van der Waals surface area contributed by atoms with Crippen LogP contribution < -0.4 is 22.6 Å². The molecular weight excluding hydrogens is 392 g/mol. The Morgan fingerprint density at radius 3 is 2.62 bits per heavy atom. The Morgan fingerprint density at radius 1 is 1.14 bits per heavy atom. The molecule has 29 heavy (non-hydrogen) atoms. The summed E-state index contributed by atoms with van der Waals surface area (Å²) in [5, 5.41) is 0.380. The summed E-state index contributed by atoms with van der Waals surface area (Å²) in [6.45, 7) is 6.21. The van der Waals surface area contributed by atoms with E-state index in [-0.39, 0.29) is 17.5 Å². The van der Waals surface area contributed by atoms with Crippen LogP contribution in [0.1, 0.15) is 26.3 Å². The van der Waals surface area contributed by atoms with E-state index in [0.29, 0.717) is 34.3 Å². The number of fused-ring (bicyclic) bond motifs is 2. The summed E-state index contributed by atoms with van der Waals surface area (Å²) in [5.41, 5.74) is 13.7. The van der Waals surface area contributed by atoms with Crippen molar-refractivity contribution in [1.82, 2.24) is 29.1 Å². The molecule has 4 aromatic rings. The minimum atomic E-state index is -0.716. The molecule has 4 N–H and O–H groups in total. The molecule has 0 saturated heterocycles. The van der Waals surface area contributed by atoms with Gasteiger partial charge in [0.25, 0.3) is 11.1 Å². The maximum Gasteiger partial charge on any atom is 0.283 e. The molecule has 4 rings (SSSR count). The quantitative estimate of drug-likeness (QED) is 0.507. The molecule has 0 aliphatic rings. The molecular formula is C18H20N8O2S. The number of hydrogen-bond donors (Lipinski definition) is 2. The molecule has 0 unspecified atom stereocenters. The van der Waals surface area contributed by atoms with Crippen LogP contribution in [0.3, 0.4) is 0 Å². The second-order valence-electron chi connectivity index (χ2n) is 7.34. The first-order valence-corrected chi connectivity index (χ1v) is 9.88. The lowest BCUT2D eigenvalue weighted by Crippen LogP contribution is -2.40. The average Bonchev–Trinajstić information content (AvgIpc) is 3.10. The molecule has 0 radical (unpaired) electrons. The van der Waals surface area contributed by atoms with E-state index in [1.54, 1.807) is 22.3 Å². The molecule has 0 amide bonds. The van der Waals surface area contributed by atoms with Gasteiger partial charge in [0.1, 0.15) is 10.3 Å². The molecule has 150 valence electrons. The van der Waals surface area contributed by atoms with Gasteiger partial charge in [0.05, 0.1) is 10.9 Å². The summed E-state index contributed by atoms with van der Waals surface area (Å²) in [6, 6.07) is 1.74. The second-order valence-corrected chi connectivity index (χ2v) is 8.19. The molecule has 0 atom stereocenters. The van der Waals surface area contributed by atoms with Crippen LogP contribution in [0.25, 0.3) is 21.4 Å². The van der Waals surface area contributed by atoms with E-state index in [2.05, 4.69) is 19.9 Å². The number of nitrogens with zero attached hydrogens (tertiary/aromatic N) is 6. The fraction of sp³-hybridized carbons (Fsp3) is 0.333. The number of aromatic nitrogens is 6. The van der Waals surface area contributed by atoms with Crippen LogP contribution in [-0.2, 0) is 18.5 Å². The van der Waals surface area contributed by atoms with Gasteiger partial charge in [-0.1, -0.05) is 0 Å². The van der Waals surface area contributed by atoms with Gasteiger partial charge in [0.15, 0.2) is 5.65 Å². The third-order valence-corrected chi connectivity index (χ3v) is 5.66. The normalized spacial score (nSPS) is 12.1. The summed E-state index contributed by atoms with van der Waals surface area (Å²) >= 11 is 1.23. The number of rotatable bonds is 4. The van der Waals surface area contributed by atoms with Gasteiger partial charge in [-0.15, -0.1) is 11.3 Å². The first-order valence-electron chi connectivity index (χ1n) is 9.00. The molecule has 0 aliphatic heterocycles. The molecule has 4 heterocycles. The van der Waals surface area contributed by atoms with Crippen molar-refractivity contribution in [3.8, 4) is 0 Å². The van der Waals surface area contributed by atoms with Crippen LogP contribution >= 0.6 is 11.3 Å².